The van der Waals surface area contributed by atoms with E-state index in [1.165, 1.54) is 17.4 Å². The number of phenols is 1. The number of aromatic nitrogens is 1. The van der Waals surface area contributed by atoms with Crippen molar-refractivity contribution in [1.82, 2.24) is 4.98 Å². The molecule has 16 heavy (non-hydrogen) atoms. The molecule has 0 fully saturated rings. The normalized spacial score (nSPS) is 10.4. The van der Waals surface area contributed by atoms with E-state index in [9.17, 15) is 5.11 Å². The first-order valence-corrected chi connectivity index (χ1v) is 5.70. The van der Waals surface area contributed by atoms with Gasteiger partial charge in [0, 0.05) is 12.6 Å². The predicted octanol–water partition coefficient (Wildman–Crippen LogP) is 2.75. The Kier molecular flexibility index (Phi) is 3.28. The zero-order chi connectivity index (χ0) is 11.5. The van der Waals surface area contributed by atoms with Gasteiger partial charge in [0.15, 0.2) is 0 Å². The summed E-state index contributed by atoms with van der Waals surface area (Å²) < 4.78 is 5.43. The molecule has 0 amide bonds. The molecule has 0 atom stereocenters. The van der Waals surface area contributed by atoms with Crippen LogP contribution in [0.3, 0.4) is 0 Å². The van der Waals surface area contributed by atoms with E-state index in [1.807, 2.05) is 0 Å². The second-order valence-electron chi connectivity index (χ2n) is 3.00. The molecule has 0 bridgehead atoms. The van der Waals surface area contributed by atoms with Crippen molar-refractivity contribution in [2.45, 2.75) is 6.54 Å². The summed E-state index contributed by atoms with van der Waals surface area (Å²) in [6, 6.07) is 6.46. The van der Waals surface area contributed by atoms with Crippen LogP contribution in [-0.2, 0) is 6.54 Å². The summed E-state index contributed by atoms with van der Waals surface area (Å²) in [5, 5.41) is 10.0. The molecule has 84 valence electrons. The summed E-state index contributed by atoms with van der Waals surface area (Å²) in [6.45, 7) is 0.333. The Morgan fingerprint density at radius 2 is 2.31 bits per heavy atom. The molecule has 4 nitrogen and oxygen atoms in total. The highest BCUT2D eigenvalue weighted by atomic mass is 35.5. The van der Waals surface area contributed by atoms with Gasteiger partial charge in [-0.25, -0.2) is 0 Å². The van der Waals surface area contributed by atoms with Crippen LogP contribution in [0.5, 0.6) is 16.7 Å². The van der Waals surface area contributed by atoms with Gasteiger partial charge < -0.3 is 15.6 Å². The van der Waals surface area contributed by atoms with E-state index in [4.69, 9.17) is 22.1 Å². The molecule has 1 aromatic heterocycles. The molecule has 6 heteroatoms. The third-order valence-electron chi connectivity index (χ3n) is 1.84. The van der Waals surface area contributed by atoms with Crippen molar-refractivity contribution >= 4 is 22.9 Å². The van der Waals surface area contributed by atoms with E-state index in [-0.39, 0.29) is 5.75 Å². The fourth-order valence-electron chi connectivity index (χ4n) is 1.13. The van der Waals surface area contributed by atoms with Crippen molar-refractivity contribution in [2.24, 2.45) is 5.73 Å². The number of nitrogens with two attached hydrogens (primary N) is 1. The molecule has 0 aliphatic carbocycles. The number of ether oxygens (including phenoxy) is 1. The van der Waals surface area contributed by atoms with E-state index < -0.39 is 0 Å². The highest BCUT2D eigenvalue weighted by molar-refractivity contribution is 7.14. The van der Waals surface area contributed by atoms with Crippen LogP contribution in [0.1, 0.15) is 4.88 Å². The summed E-state index contributed by atoms with van der Waals surface area (Å²) in [6.07, 6.45) is 0. The fourth-order valence-corrected chi connectivity index (χ4v) is 2.15. The SMILES string of the molecule is NCc1sc(Oc2cccc(O)c2)nc1Cl. The van der Waals surface area contributed by atoms with Gasteiger partial charge in [0.1, 0.15) is 16.7 Å². The van der Waals surface area contributed by atoms with Crippen molar-refractivity contribution in [1.29, 1.82) is 0 Å². The maximum Gasteiger partial charge on any atom is 0.280 e. The zero-order valence-corrected chi connectivity index (χ0v) is 9.76. The largest absolute Gasteiger partial charge is 0.508 e. The molecule has 0 aliphatic heterocycles. The van der Waals surface area contributed by atoms with Crippen LogP contribution in [0.15, 0.2) is 24.3 Å². The molecule has 0 spiro atoms. The summed E-state index contributed by atoms with van der Waals surface area (Å²) in [5.74, 6) is 0.646. The topological polar surface area (TPSA) is 68.4 Å². The minimum Gasteiger partial charge on any atom is -0.508 e. The van der Waals surface area contributed by atoms with E-state index in [2.05, 4.69) is 4.98 Å². The number of hydrogen-bond acceptors (Lipinski definition) is 5. The molecule has 0 aliphatic rings. The molecule has 0 radical (unpaired) electrons. The van der Waals surface area contributed by atoms with Crippen LogP contribution >= 0.6 is 22.9 Å². The molecule has 3 N–H and O–H groups in total. The minimum atomic E-state index is 0.138. The third kappa shape index (κ3) is 2.44. The van der Waals surface area contributed by atoms with Crippen LogP contribution in [0.25, 0.3) is 0 Å². The Balaban J connectivity index is 2.20. The van der Waals surface area contributed by atoms with Crippen molar-refractivity contribution in [3.05, 3.63) is 34.3 Å². The summed E-state index contributed by atoms with van der Waals surface area (Å²) in [4.78, 5) is 4.78. The quantitative estimate of drug-likeness (QED) is 0.886. The average Bonchev–Trinajstić information content (AvgIpc) is 2.58. The van der Waals surface area contributed by atoms with Gasteiger partial charge in [-0.3, -0.25) is 0 Å². The van der Waals surface area contributed by atoms with Gasteiger partial charge in [-0.2, -0.15) is 4.98 Å². The molecule has 2 aromatic rings. The molecule has 0 saturated heterocycles. The van der Waals surface area contributed by atoms with Crippen LogP contribution in [0.4, 0.5) is 0 Å². The number of rotatable bonds is 3. The van der Waals surface area contributed by atoms with Crippen molar-refractivity contribution in [3.8, 4) is 16.7 Å². The van der Waals surface area contributed by atoms with Gasteiger partial charge in [-0.05, 0) is 12.1 Å². The van der Waals surface area contributed by atoms with Crippen molar-refractivity contribution in [2.75, 3.05) is 0 Å². The van der Waals surface area contributed by atoms with Crippen molar-refractivity contribution < 1.29 is 9.84 Å². The van der Waals surface area contributed by atoms with Crippen molar-refractivity contribution in [3.63, 3.8) is 0 Å². The van der Waals surface area contributed by atoms with Gasteiger partial charge in [-0.15, -0.1) is 0 Å². The highest BCUT2D eigenvalue weighted by Gasteiger charge is 2.09. The van der Waals surface area contributed by atoms with E-state index >= 15 is 0 Å². The first-order chi connectivity index (χ1) is 7.69. The smallest absolute Gasteiger partial charge is 0.280 e. The van der Waals surface area contributed by atoms with Gasteiger partial charge in [0.25, 0.3) is 5.19 Å². The molecule has 2 rings (SSSR count). The Morgan fingerprint density at radius 1 is 1.50 bits per heavy atom. The lowest BCUT2D eigenvalue weighted by atomic mass is 10.3. The van der Waals surface area contributed by atoms with E-state index in [0.717, 1.165) is 4.88 Å². The third-order valence-corrected chi connectivity index (χ3v) is 3.22. The maximum atomic E-state index is 9.25. The highest BCUT2D eigenvalue weighted by Crippen LogP contribution is 2.32. The van der Waals surface area contributed by atoms with Crippen LogP contribution in [0, 0.1) is 0 Å². The number of hydrogen-bond donors (Lipinski definition) is 2. The van der Waals surface area contributed by atoms with Gasteiger partial charge in [0.05, 0.1) is 4.88 Å². The van der Waals surface area contributed by atoms with Gasteiger partial charge >= 0.3 is 0 Å². The van der Waals surface area contributed by atoms with Gasteiger partial charge in [-0.1, -0.05) is 29.0 Å². The number of nitrogens with zero attached hydrogens (tertiary/aromatic N) is 1. The lowest BCUT2D eigenvalue weighted by Crippen LogP contribution is -1.92. The van der Waals surface area contributed by atoms with Crippen LogP contribution in [0.2, 0.25) is 5.15 Å². The van der Waals surface area contributed by atoms with Crippen LogP contribution < -0.4 is 10.5 Å². The average molecular weight is 257 g/mol. The number of thiazole rings is 1. The Bertz CT molecular complexity index is 501. The molecule has 1 heterocycles. The first-order valence-electron chi connectivity index (χ1n) is 4.51. The molecule has 0 unspecified atom stereocenters. The predicted molar refractivity (Wildman–Crippen MR) is 63.2 cm³/mol. The first kappa shape index (κ1) is 11.2. The molecular weight excluding hydrogens is 248 g/mol. The zero-order valence-electron chi connectivity index (χ0n) is 8.18. The second kappa shape index (κ2) is 4.69. The van der Waals surface area contributed by atoms with Gasteiger partial charge in [0.2, 0.25) is 0 Å². The lowest BCUT2D eigenvalue weighted by molar-refractivity contribution is 0.454. The summed E-state index contributed by atoms with van der Waals surface area (Å²) >= 11 is 7.12. The number of halogens is 1. The Hall–Kier alpha value is -1.30. The fraction of sp³-hybridized carbons (Fsp3) is 0.100. The minimum absolute atomic E-state index is 0.138. The summed E-state index contributed by atoms with van der Waals surface area (Å²) in [5.41, 5.74) is 5.47. The number of phenolic OH excluding ortho intramolecular Hbond substituents is 1. The molecule has 0 saturated carbocycles. The molecular formula is C10H9ClN2O2S. The number of benzene rings is 1. The second-order valence-corrected chi connectivity index (χ2v) is 4.40. The Morgan fingerprint density at radius 3 is 2.94 bits per heavy atom. The van der Waals surface area contributed by atoms with E-state index in [0.29, 0.717) is 22.6 Å². The van der Waals surface area contributed by atoms with Crippen LogP contribution in [-0.4, -0.2) is 10.1 Å². The monoisotopic (exact) mass is 256 g/mol. The molecule has 1 aromatic carbocycles. The lowest BCUT2D eigenvalue weighted by Gasteiger charge is -2.00. The standard InChI is InChI=1S/C10H9ClN2O2S/c11-9-8(5-12)16-10(13-9)15-7-3-1-2-6(14)4-7/h1-4,14H,5,12H2. The summed E-state index contributed by atoms with van der Waals surface area (Å²) in [7, 11) is 0. The van der Waals surface area contributed by atoms with E-state index in [1.54, 1.807) is 18.2 Å². The number of aromatic hydroxyl groups is 1. The Labute approximate surface area is 101 Å². The maximum absolute atomic E-state index is 9.25.